The molecule has 0 aliphatic heterocycles. The second-order valence-corrected chi connectivity index (χ2v) is 8.21. The molecular weight excluding hydrogens is 454 g/mol. The quantitative estimate of drug-likeness (QED) is 0.290. The summed E-state index contributed by atoms with van der Waals surface area (Å²) in [5.74, 6) is 1.26. The van der Waals surface area contributed by atoms with E-state index in [0.29, 0.717) is 29.5 Å². The van der Waals surface area contributed by atoms with E-state index in [9.17, 15) is 4.79 Å². The SMILES string of the molecule is COc1ccc(C)cc1NC(=O)Nc1cccc(-c2cn3ccnc3c(NCc3ccncc3)n2)c1. The monoisotopic (exact) mass is 479 g/mol. The molecule has 0 radical (unpaired) electrons. The fourth-order valence-corrected chi connectivity index (χ4v) is 3.84. The van der Waals surface area contributed by atoms with E-state index in [1.165, 1.54) is 0 Å². The molecule has 36 heavy (non-hydrogen) atoms. The van der Waals surface area contributed by atoms with Gasteiger partial charge in [0, 0.05) is 48.8 Å². The Morgan fingerprint density at radius 2 is 1.89 bits per heavy atom. The molecule has 0 spiro atoms. The number of amides is 2. The topological polar surface area (TPSA) is 105 Å². The Morgan fingerprint density at radius 1 is 1.03 bits per heavy atom. The molecule has 180 valence electrons. The first-order chi connectivity index (χ1) is 17.6. The Balaban J connectivity index is 1.37. The van der Waals surface area contributed by atoms with Crippen molar-refractivity contribution in [2.24, 2.45) is 0 Å². The van der Waals surface area contributed by atoms with Gasteiger partial charge < -0.3 is 25.1 Å². The summed E-state index contributed by atoms with van der Waals surface area (Å²) in [5, 5.41) is 9.12. The van der Waals surface area contributed by atoms with E-state index in [4.69, 9.17) is 9.72 Å². The number of aromatic nitrogens is 4. The number of rotatable bonds is 7. The van der Waals surface area contributed by atoms with Gasteiger partial charge in [-0.15, -0.1) is 0 Å². The number of carbonyl (C=O) groups is 1. The van der Waals surface area contributed by atoms with Gasteiger partial charge in [-0.05, 0) is 54.4 Å². The lowest BCUT2D eigenvalue weighted by atomic mass is 10.1. The molecule has 0 aliphatic carbocycles. The lowest BCUT2D eigenvalue weighted by Crippen LogP contribution is -2.19. The molecule has 0 unspecified atom stereocenters. The van der Waals surface area contributed by atoms with E-state index >= 15 is 0 Å². The minimum absolute atomic E-state index is 0.367. The van der Waals surface area contributed by atoms with Gasteiger partial charge in [-0.2, -0.15) is 0 Å². The van der Waals surface area contributed by atoms with Crippen LogP contribution in [0.1, 0.15) is 11.1 Å². The van der Waals surface area contributed by atoms with Crippen LogP contribution in [0.25, 0.3) is 16.9 Å². The molecule has 9 heteroatoms. The molecule has 3 N–H and O–H groups in total. The molecule has 0 bridgehead atoms. The summed E-state index contributed by atoms with van der Waals surface area (Å²) >= 11 is 0. The van der Waals surface area contributed by atoms with E-state index in [-0.39, 0.29) is 6.03 Å². The van der Waals surface area contributed by atoms with E-state index < -0.39 is 0 Å². The molecule has 0 atom stereocenters. The van der Waals surface area contributed by atoms with Gasteiger partial charge >= 0.3 is 6.03 Å². The highest BCUT2D eigenvalue weighted by atomic mass is 16.5. The normalized spacial score (nSPS) is 10.7. The van der Waals surface area contributed by atoms with Crippen molar-refractivity contribution in [3.8, 4) is 17.0 Å². The molecule has 2 aromatic carbocycles. The standard InChI is InChI=1S/C27H25N7O2/c1-18-6-7-24(36-2)22(14-18)33-27(35)31-21-5-3-4-20(15-21)23-17-34-13-12-29-26(34)25(32-23)30-16-19-8-10-28-11-9-19/h3-15,17H,16H2,1-2H3,(H,30,32)(H2,31,33,35). The Labute approximate surface area is 208 Å². The number of anilines is 3. The Kier molecular flexibility index (Phi) is 6.44. The maximum absolute atomic E-state index is 12.7. The van der Waals surface area contributed by atoms with Crippen molar-refractivity contribution >= 4 is 28.9 Å². The zero-order chi connectivity index (χ0) is 24.9. The molecule has 2 amide bonds. The summed E-state index contributed by atoms with van der Waals surface area (Å²) in [6.45, 7) is 2.54. The number of pyridine rings is 1. The van der Waals surface area contributed by atoms with Gasteiger partial charge in [0.05, 0.1) is 18.5 Å². The summed E-state index contributed by atoms with van der Waals surface area (Å²) < 4.78 is 7.27. The first-order valence-electron chi connectivity index (χ1n) is 11.4. The Morgan fingerprint density at radius 3 is 2.72 bits per heavy atom. The van der Waals surface area contributed by atoms with Gasteiger partial charge in [0.25, 0.3) is 0 Å². The summed E-state index contributed by atoms with van der Waals surface area (Å²) in [4.78, 5) is 26.0. The van der Waals surface area contributed by atoms with Gasteiger partial charge in [-0.1, -0.05) is 18.2 Å². The molecule has 5 rings (SSSR count). The summed E-state index contributed by atoms with van der Waals surface area (Å²) in [5.41, 5.74) is 5.66. The maximum atomic E-state index is 12.7. The highest BCUT2D eigenvalue weighted by molar-refractivity contribution is 6.01. The maximum Gasteiger partial charge on any atom is 0.323 e. The summed E-state index contributed by atoms with van der Waals surface area (Å²) in [6, 6.07) is 16.7. The van der Waals surface area contributed by atoms with E-state index in [2.05, 4.69) is 25.9 Å². The number of hydrogen-bond donors (Lipinski definition) is 3. The van der Waals surface area contributed by atoms with Gasteiger partial charge in [0.2, 0.25) is 0 Å². The van der Waals surface area contributed by atoms with Gasteiger partial charge in [0.1, 0.15) is 5.75 Å². The number of ether oxygens (including phenoxy) is 1. The number of benzene rings is 2. The average molecular weight is 480 g/mol. The number of carbonyl (C=O) groups excluding carboxylic acids is 1. The molecular formula is C27H25N7O2. The lowest BCUT2D eigenvalue weighted by molar-refractivity contribution is 0.262. The zero-order valence-corrected chi connectivity index (χ0v) is 19.9. The van der Waals surface area contributed by atoms with E-state index in [1.807, 2.05) is 78.3 Å². The van der Waals surface area contributed by atoms with Gasteiger partial charge in [-0.25, -0.2) is 14.8 Å². The van der Waals surface area contributed by atoms with Crippen LogP contribution in [-0.4, -0.2) is 32.5 Å². The van der Waals surface area contributed by atoms with Gasteiger partial charge in [-0.3, -0.25) is 4.98 Å². The summed E-state index contributed by atoms with van der Waals surface area (Å²) in [7, 11) is 1.57. The number of imidazole rings is 1. The molecule has 0 aliphatic rings. The Bertz CT molecular complexity index is 1520. The van der Waals surface area contributed by atoms with Crippen molar-refractivity contribution in [1.82, 2.24) is 19.4 Å². The second kappa shape index (κ2) is 10.1. The predicted molar refractivity (Wildman–Crippen MR) is 140 cm³/mol. The van der Waals surface area contributed by atoms with Crippen LogP contribution in [0.2, 0.25) is 0 Å². The molecule has 3 aromatic heterocycles. The van der Waals surface area contributed by atoms with E-state index in [0.717, 1.165) is 28.0 Å². The molecule has 5 aromatic rings. The van der Waals surface area contributed by atoms with Crippen LogP contribution in [0.4, 0.5) is 22.0 Å². The van der Waals surface area contributed by atoms with Crippen LogP contribution in [-0.2, 0) is 6.54 Å². The molecule has 3 heterocycles. The number of nitrogens with one attached hydrogen (secondary N) is 3. The second-order valence-electron chi connectivity index (χ2n) is 8.21. The molecule has 9 nitrogen and oxygen atoms in total. The van der Waals surface area contributed by atoms with Crippen molar-refractivity contribution in [1.29, 1.82) is 0 Å². The number of urea groups is 1. The largest absolute Gasteiger partial charge is 0.495 e. The predicted octanol–water partition coefficient (Wildman–Crippen LogP) is 5.36. The third-order valence-electron chi connectivity index (χ3n) is 5.60. The minimum Gasteiger partial charge on any atom is -0.495 e. The smallest absolute Gasteiger partial charge is 0.323 e. The van der Waals surface area contributed by atoms with Crippen LogP contribution in [0.3, 0.4) is 0 Å². The number of nitrogens with zero attached hydrogens (tertiary/aromatic N) is 4. The highest BCUT2D eigenvalue weighted by Gasteiger charge is 2.12. The van der Waals surface area contributed by atoms with Gasteiger partial charge in [0.15, 0.2) is 11.5 Å². The number of methoxy groups -OCH3 is 1. The summed E-state index contributed by atoms with van der Waals surface area (Å²) in [6.07, 6.45) is 9.05. The fourth-order valence-electron chi connectivity index (χ4n) is 3.84. The minimum atomic E-state index is -0.367. The van der Waals surface area contributed by atoms with Crippen LogP contribution >= 0.6 is 0 Å². The van der Waals surface area contributed by atoms with Crippen LogP contribution in [0.15, 0.2) is 85.6 Å². The first kappa shape index (κ1) is 22.9. The van der Waals surface area contributed by atoms with E-state index in [1.54, 1.807) is 25.7 Å². The lowest BCUT2D eigenvalue weighted by Gasteiger charge is -2.13. The van der Waals surface area contributed by atoms with Crippen molar-refractivity contribution in [3.05, 3.63) is 96.7 Å². The third kappa shape index (κ3) is 5.10. The highest BCUT2D eigenvalue weighted by Crippen LogP contribution is 2.27. The van der Waals surface area contributed by atoms with Crippen molar-refractivity contribution in [3.63, 3.8) is 0 Å². The third-order valence-corrected chi connectivity index (χ3v) is 5.60. The fraction of sp³-hybridized carbons (Fsp3) is 0.111. The first-order valence-corrected chi connectivity index (χ1v) is 11.4. The number of fused-ring (bicyclic) bond motifs is 1. The molecule has 0 saturated heterocycles. The number of hydrogen-bond acceptors (Lipinski definition) is 6. The molecule has 0 saturated carbocycles. The Hall–Kier alpha value is -4.92. The van der Waals surface area contributed by atoms with Crippen molar-refractivity contribution < 1.29 is 9.53 Å². The van der Waals surface area contributed by atoms with Crippen LogP contribution in [0.5, 0.6) is 5.75 Å². The zero-order valence-electron chi connectivity index (χ0n) is 19.9. The van der Waals surface area contributed by atoms with Crippen molar-refractivity contribution in [2.45, 2.75) is 13.5 Å². The average Bonchev–Trinajstić information content (AvgIpc) is 3.37. The van der Waals surface area contributed by atoms with Crippen LogP contribution < -0.4 is 20.7 Å². The van der Waals surface area contributed by atoms with Crippen molar-refractivity contribution in [2.75, 3.05) is 23.1 Å². The number of aryl methyl sites for hydroxylation is 1. The molecule has 0 fully saturated rings. The van der Waals surface area contributed by atoms with Crippen LogP contribution in [0, 0.1) is 6.92 Å².